The normalized spacial score (nSPS) is 11.7. The average Bonchev–Trinajstić information content (AvgIpc) is 1.62. The average molecular weight is 1270 g/mol. The van der Waals surface area contributed by atoms with E-state index in [2.05, 4.69) is 393 Å². The molecule has 20 rings (SSSR count). The van der Waals surface area contributed by atoms with Gasteiger partial charge < -0.3 is 27.7 Å². The number of rotatable bonds is 9. The van der Waals surface area contributed by atoms with Crippen LogP contribution in [0.3, 0.4) is 0 Å². The van der Waals surface area contributed by atoms with Crippen LogP contribution < -0.4 is 4.90 Å². The lowest BCUT2D eigenvalue weighted by Crippen LogP contribution is -2.10. The second-order valence-corrected chi connectivity index (χ2v) is 25.7. The molecule has 0 radical (unpaired) electrons. The zero-order chi connectivity index (χ0) is 65.0. The molecule has 0 aliphatic rings. The van der Waals surface area contributed by atoms with E-state index in [0.717, 1.165) is 34.1 Å². The van der Waals surface area contributed by atoms with Crippen LogP contribution in [0.1, 0.15) is 18.6 Å². The van der Waals surface area contributed by atoms with Gasteiger partial charge in [-0.2, -0.15) is 0 Å². The highest BCUT2D eigenvalue weighted by atomic mass is 15.1. The van der Waals surface area contributed by atoms with Crippen molar-refractivity contribution in [3.63, 3.8) is 0 Å². The van der Waals surface area contributed by atoms with Crippen molar-refractivity contribution in [2.24, 2.45) is 0 Å². The molecule has 0 bridgehead atoms. The Morgan fingerprint density at radius 2 is 0.343 bits per heavy atom. The monoisotopic (exact) mass is 1270 g/mol. The highest BCUT2D eigenvalue weighted by Crippen LogP contribution is 2.42. The summed E-state index contributed by atoms with van der Waals surface area (Å²) in [5, 5.41) is 12.7. The van der Waals surface area contributed by atoms with Gasteiger partial charge in [-0.1, -0.05) is 202 Å². The zero-order valence-corrected chi connectivity index (χ0v) is 54.2. The van der Waals surface area contributed by atoms with Crippen molar-refractivity contribution in [3.8, 4) is 39.6 Å². The summed E-state index contributed by atoms with van der Waals surface area (Å²) < 4.78 is 11.9. The largest absolute Gasteiger partial charge is 0.310 e. The van der Waals surface area contributed by atoms with E-state index in [0.29, 0.717) is 0 Å². The number of nitrogens with zero attached hydrogens (tertiary/aromatic N) is 6. The molecule has 0 unspecified atom stereocenters. The van der Waals surface area contributed by atoms with Crippen molar-refractivity contribution < 1.29 is 0 Å². The van der Waals surface area contributed by atoms with Crippen LogP contribution in [-0.4, -0.2) is 22.8 Å². The number of aromatic nitrogens is 5. The Kier molecular flexibility index (Phi) is 14.1. The van der Waals surface area contributed by atoms with E-state index in [1.807, 2.05) is 0 Å². The van der Waals surface area contributed by atoms with Gasteiger partial charge in [0.1, 0.15) is 0 Å². The van der Waals surface area contributed by atoms with Gasteiger partial charge in [-0.05, 0) is 194 Å². The third-order valence-electron chi connectivity index (χ3n) is 20.2. The van der Waals surface area contributed by atoms with Crippen LogP contribution in [-0.2, 0) is 0 Å². The fourth-order valence-electron chi connectivity index (χ4n) is 15.9. The second kappa shape index (κ2) is 23.8. The smallest absolute Gasteiger partial charge is 0.0541 e. The highest BCUT2D eigenvalue weighted by Gasteiger charge is 2.21. The Labute approximate surface area is 574 Å². The topological polar surface area (TPSA) is 27.9 Å². The standard InChI is InChI=1S/C54H36N4.C38H28N2.CH4/c1-7-19-49-43(13-1)44-14-2-8-20-50(44)56(49)40-31-25-37(26-32-40)55(38-27-33-41(34-28-38)57-51-21-9-3-15-45(51)46-16-4-10-22-52(46)57)39-29-35-42(36-30-39)58-53-23-11-5-17-47(53)48-18-6-12-24-54(48)58;1-25-23-27(39-35-15-7-3-11-31(35)32-12-4-8-16-36(32)39)19-21-29(25)30-22-20-28(24-26(30)2)40-37-17-9-5-13-33(37)34-14-6-10-18-38(34)40;/h1-36H;3-24H,1-2H3;1H4. The fraction of sp³-hybridized carbons (Fsp3) is 0.0323. The van der Waals surface area contributed by atoms with Gasteiger partial charge in [-0.15, -0.1) is 0 Å². The molecule has 5 heterocycles. The van der Waals surface area contributed by atoms with E-state index >= 15 is 0 Å². The lowest BCUT2D eigenvalue weighted by atomic mass is 9.95. The lowest BCUT2D eigenvalue weighted by molar-refractivity contribution is 1.16. The third kappa shape index (κ3) is 9.47. The maximum Gasteiger partial charge on any atom is 0.0541 e. The molecule has 5 aromatic heterocycles. The van der Waals surface area contributed by atoms with Gasteiger partial charge in [-0.25, -0.2) is 0 Å². The number of fused-ring (bicyclic) bond motifs is 15. The van der Waals surface area contributed by atoms with Crippen molar-refractivity contribution in [2.75, 3.05) is 4.90 Å². The number of anilines is 3. The van der Waals surface area contributed by atoms with Crippen molar-refractivity contribution >= 4 is 126 Å². The van der Waals surface area contributed by atoms with Gasteiger partial charge in [0.15, 0.2) is 0 Å². The Balaban J connectivity index is 0.000000151. The summed E-state index contributed by atoms with van der Waals surface area (Å²) in [5.41, 5.74) is 26.3. The number of para-hydroxylation sites is 10. The first-order valence-electron chi connectivity index (χ1n) is 33.7. The quantitative estimate of drug-likeness (QED) is 0.142. The fourth-order valence-corrected chi connectivity index (χ4v) is 15.9. The van der Waals surface area contributed by atoms with Gasteiger partial charge in [0.25, 0.3) is 0 Å². The Morgan fingerprint density at radius 1 is 0.182 bits per heavy atom. The molecule has 0 N–H and O–H groups in total. The van der Waals surface area contributed by atoms with Gasteiger partial charge in [-0.3, -0.25) is 0 Å². The van der Waals surface area contributed by atoms with Crippen molar-refractivity contribution in [2.45, 2.75) is 21.3 Å². The number of hydrogen-bond acceptors (Lipinski definition) is 1. The molecule has 0 aliphatic carbocycles. The van der Waals surface area contributed by atoms with Gasteiger partial charge >= 0.3 is 0 Å². The number of hydrogen-bond donors (Lipinski definition) is 0. The Bertz CT molecular complexity index is 5710. The maximum absolute atomic E-state index is 2.39. The molecule has 0 atom stereocenters. The van der Waals surface area contributed by atoms with E-state index in [4.69, 9.17) is 0 Å². The molecule has 0 amide bonds. The molecule has 99 heavy (non-hydrogen) atoms. The number of benzene rings is 15. The van der Waals surface area contributed by atoms with E-state index in [1.54, 1.807) is 0 Å². The summed E-state index contributed by atoms with van der Waals surface area (Å²) in [6.07, 6.45) is 0. The molecule has 0 spiro atoms. The molecule has 0 saturated carbocycles. The van der Waals surface area contributed by atoms with E-state index < -0.39 is 0 Å². The SMILES string of the molecule is C.Cc1cc(-n2c3ccccc3c3ccccc32)ccc1-c1ccc(-n2c3ccccc3c3ccccc32)cc1C.c1ccc2c(c1)c1ccccc1n2-c1ccc(N(c2ccc(-n3c4ccccc4c4ccccc43)cc2)c2ccc(-n3c4ccccc4c4ccccc43)cc2)cc1. The van der Waals surface area contributed by atoms with Crippen LogP contribution in [0.4, 0.5) is 17.1 Å². The van der Waals surface area contributed by atoms with Crippen molar-refractivity contribution in [1.82, 2.24) is 22.8 Å². The lowest BCUT2D eigenvalue weighted by Gasteiger charge is -2.26. The Hall–Kier alpha value is -12.9. The molecule has 470 valence electrons. The van der Waals surface area contributed by atoms with E-state index in [9.17, 15) is 0 Å². The van der Waals surface area contributed by atoms with Crippen LogP contribution in [0.25, 0.3) is 149 Å². The molecule has 6 nitrogen and oxygen atoms in total. The summed E-state index contributed by atoms with van der Waals surface area (Å²) in [6.45, 7) is 4.46. The first-order chi connectivity index (χ1) is 48.5. The molecular formula is C93H68N6. The molecule has 20 aromatic rings. The second-order valence-electron chi connectivity index (χ2n) is 25.7. The molecule has 0 saturated heterocycles. The highest BCUT2D eigenvalue weighted by molar-refractivity contribution is 6.13. The van der Waals surface area contributed by atoms with Gasteiger partial charge in [0.05, 0.1) is 55.2 Å². The van der Waals surface area contributed by atoms with E-state index in [1.165, 1.54) is 143 Å². The van der Waals surface area contributed by atoms with Crippen molar-refractivity contribution in [3.05, 3.63) is 363 Å². The van der Waals surface area contributed by atoms with Crippen LogP contribution >= 0.6 is 0 Å². The van der Waals surface area contributed by atoms with E-state index in [-0.39, 0.29) is 7.43 Å². The predicted octanol–water partition coefficient (Wildman–Crippen LogP) is 25.2. The first kappa shape index (κ1) is 58.7. The predicted molar refractivity (Wildman–Crippen MR) is 421 cm³/mol. The Morgan fingerprint density at radius 3 is 0.525 bits per heavy atom. The summed E-state index contributed by atoms with van der Waals surface area (Å²) >= 11 is 0. The summed E-state index contributed by atoms with van der Waals surface area (Å²) in [7, 11) is 0. The summed E-state index contributed by atoms with van der Waals surface area (Å²) in [5.74, 6) is 0. The molecule has 15 aromatic carbocycles. The minimum absolute atomic E-state index is 0. The molecule has 0 fully saturated rings. The van der Waals surface area contributed by atoms with Crippen LogP contribution in [0.5, 0.6) is 0 Å². The van der Waals surface area contributed by atoms with Gasteiger partial charge in [0, 0.05) is 99.4 Å². The van der Waals surface area contributed by atoms with Gasteiger partial charge in [0.2, 0.25) is 0 Å². The maximum atomic E-state index is 2.39. The molecular weight excluding hydrogens is 1200 g/mol. The zero-order valence-electron chi connectivity index (χ0n) is 54.2. The summed E-state index contributed by atoms with van der Waals surface area (Å²) in [6, 6.07) is 128. The van der Waals surface area contributed by atoms with Crippen LogP contribution in [0, 0.1) is 13.8 Å². The third-order valence-corrected chi connectivity index (χ3v) is 20.2. The first-order valence-corrected chi connectivity index (χ1v) is 33.7. The number of aryl methyl sites for hydroxylation is 2. The minimum atomic E-state index is 0. The molecule has 6 heteroatoms. The van der Waals surface area contributed by atoms with Crippen molar-refractivity contribution in [1.29, 1.82) is 0 Å². The molecule has 0 aliphatic heterocycles. The van der Waals surface area contributed by atoms with Crippen LogP contribution in [0.2, 0.25) is 0 Å². The van der Waals surface area contributed by atoms with Crippen LogP contribution in [0.15, 0.2) is 352 Å². The summed E-state index contributed by atoms with van der Waals surface area (Å²) in [4.78, 5) is 2.36. The minimum Gasteiger partial charge on any atom is -0.310 e.